The van der Waals surface area contributed by atoms with Crippen molar-refractivity contribution < 1.29 is 4.79 Å². The first-order valence-corrected chi connectivity index (χ1v) is 6.86. The molecule has 86 valence electrons. The highest BCUT2D eigenvalue weighted by molar-refractivity contribution is 9.10. The Bertz CT molecular complexity index is 569. The molecule has 1 nitrogen and oxygen atoms in total. The maximum absolute atomic E-state index is 11.9. The molecule has 0 radical (unpaired) electrons. The maximum atomic E-state index is 11.9. The molecule has 1 aromatic heterocycles. The molecule has 0 saturated heterocycles. The largest absolute Gasteiger partial charge is 0.289 e. The van der Waals surface area contributed by atoms with Crippen molar-refractivity contribution in [2.75, 3.05) is 0 Å². The Labute approximate surface area is 113 Å². The van der Waals surface area contributed by atoms with Crippen LogP contribution in [0.2, 0.25) is 0 Å². The Morgan fingerprint density at radius 2 is 2.18 bits per heavy atom. The SMILES string of the molecule is Cc1ccsc1/C=C/C(=O)c1cccc(Br)c1. The predicted molar refractivity (Wildman–Crippen MR) is 76.6 cm³/mol. The van der Waals surface area contributed by atoms with Crippen LogP contribution in [-0.2, 0) is 0 Å². The minimum absolute atomic E-state index is 0.0269. The topological polar surface area (TPSA) is 17.1 Å². The number of allylic oxidation sites excluding steroid dienone is 1. The van der Waals surface area contributed by atoms with Gasteiger partial charge in [0.05, 0.1) is 0 Å². The molecule has 0 aliphatic heterocycles. The molecule has 2 rings (SSSR count). The molecular formula is C14H11BrOS. The lowest BCUT2D eigenvalue weighted by molar-refractivity contribution is 0.104. The Balaban J connectivity index is 2.17. The maximum Gasteiger partial charge on any atom is 0.185 e. The quantitative estimate of drug-likeness (QED) is 0.592. The van der Waals surface area contributed by atoms with E-state index in [0.29, 0.717) is 5.56 Å². The van der Waals surface area contributed by atoms with Crippen LogP contribution in [0.3, 0.4) is 0 Å². The third-order valence-electron chi connectivity index (χ3n) is 2.40. The van der Waals surface area contributed by atoms with Gasteiger partial charge in [-0.15, -0.1) is 11.3 Å². The lowest BCUT2D eigenvalue weighted by atomic mass is 10.1. The summed E-state index contributed by atoms with van der Waals surface area (Å²) in [4.78, 5) is 13.0. The fourth-order valence-electron chi connectivity index (χ4n) is 1.44. The van der Waals surface area contributed by atoms with Crippen LogP contribution in [0.4, 0.5) is 0 Å². The second kappa shape index (κ2) is 5.43. The van der Waals surface area contributed by atoms with Crippen molar-refractivity contribution >= 4 is 39.1 Å². The number of hydrogen-bond acceptors (Lipinski definition) is 2. The van der Waals surface area contributed by atoms with Crippen molar-refractivity contribution in [3.05, 3.63) is 62.3 Å². The second-order valence-electron chi connectivity index (χ2n) is 3.68. The predicted octanol–water partition coefficient (Wildman–Crippen LogP) is 4.72. The van der Waals surface area contributed by atoms with Crippen molar-refractivity contribution in [1.29, 1.82) is 0 Å². The second-order valence-corrected chi connectivity index (χ2v) is 5.54. The van der Waals surface area contributed by atoms with Crippen LogP contribution >= 0.6 is 27.3 Å². The standard InChI is InChI=1S/C14H11BrOS/c1-10-7-8-17-14(10)6-5-13(16)11-3-2-4-12(15)9-11/h2-9H,1H3/b6-5+. The van der Waals surface area contributed by atoms with Gasteiger partial charge in [0.25, 0.3) is 0 Å². The molecule has 0 atom stereocenters. The Kier molecular flexibility index (Phi) is 3.92. The highest BCUT2D eigenvalue weighted by Crippen LogP contribution is 2.18. The van der Waals surface area contributed by atoms with Gasteiger partial charge in [-0.05, 0) is 48.2 Å². The highest BCUT2D eigenvalue weighted by atomic mass is 79.9. The van der Waals surface area contributed by atoms with Crippen LogP contribution in [0.25, 0.3) is 6.08 Å². The Morgan fingerprint density at radius 3 is 2.82 bits per heavy atom. The first-order chi connectivity index (χ1) is 8.16. The fraction of sp³-hybridized carbons (Fsp3) is 0.0714. The lowest BCUT2D eigenvalue weighted by Crippen LogP contribution is -1.93. The first-order valence-electron chi connectivity index (χ1n) is 5.19. The fourth-order valence-corrected chi connectivity index (χ4v) is 2.66. The molecule has 0 spiro atoms. The van der Waals surface area contributed by atoms with E-state index in [0.717, 1.165) is 9.35 Å². The summed E-state index contributed by atoms with van der Waals surface area (Å²) in [5.74, 6) is 0.0269. The van der Waals surface area contributed by atoms with Gasteiger partial charge < -0.3 is 0 Å². The molecule has 0 saturated carbocycles. The number of halogens is 1. The molecule has 0 bridgehead atoms. The molecule has 0 aliphatic carbocycles. The van der Waals surface area contributed by atoms with E-state index in [9.17, 15) is 4.79 Å². The smallest absolute Gasteiger partial charge is 0.185 e. The number of aryl methyl sites for hydroxylation is 1. The van der Waals surface area contributed by atoms with Crippen LogP contribution in [0.1, 0.15) is 20.8 Å². The van der Waals surface area contributed by atoms with Gasteiger partial charge in [0.1, 0.15) is 0 Å². The van der Waals surface area contributed by atoms with Gasteiger partial charge in [0.15, 0.2) is 5.78 Å². The summed E-state index contributed by atoms with van der Waals surface area (Å²) in [7, 11) is 0. The average Bonchev–Trinajstić information content (AvgIpc) is 2.72. The molecule has 3 heteroatoms. The van der Waals surface area contributed by atoms with Crippen LogP contribution in [0, 0.1) is 6.92 Å². The van der Waals surface area contributed by atoms with Crippen molar-refractivity contribution in [3.63, 3.8) is 0 Å². The third kappa shape index (κ3) is 3.14. The highest BCUT2D eigenvalue weighted by Gasteiger charge is 2.02. The van der Waals surface area contributed by atoms with Crippen LogP contribution < -0.4 is 0 Å². The van der Waals surface area contributed by atoms with E-state index in [1.807, 2.05) is 48.7 Å². The summed E-state index contributed by atoms with van der Waals surface area (Å²) in [6, 6.07) is 9.46. The number of carbonyl (C=O) groups is 1. The number of thiophene rings is 1. The number of hydrogen-bond donors (Lipinski definition) is 0. The molecule has 0 N–H and O–H groups in total. The normalized spacial score (nSPS) is 10.9. The Hall–Kier alpha value is -1.19. The summed E-state index contributed by atoms with van der Waals surface area (Å²) in [5, 5.41) is 2.03. The molecule has 0 amide bonds. The van der Waals surface area contributed by atoms with E-state index in [1.54, 1.807) is 17.4 Å². The van der Waals surface area contributed by atoms with Crippen LogP contribution in [0.5, 0.6) is 0 Å². The van der Waals surface area contributed by atoms with Gasteiger partial charge in [-0.2, -0.15) is 0 Å². The monoisotopic (exact) mass is 306 g/mol. The minimum atomic E-state index is 0.0269. The van der Waals surface area contributed by atoms with Crippen molar-refractivity contribution in [2.45, 2.75) is 6.92 Å². The third-order valence-corrected chi connectivity index (χ3v) is 3.87. The van der Waals surface area contributed by atoms with E-state index in [1.165, 1.54) is 5.56 Å². The van der Waals surface area contributed by atoms with Gasteiger partial charge in [0.2, 0.25) is 0 Å². The average molecular weight is 307 g/mol. The van der Waals surface area contributed by atoms with E-state index in [4.69, 9.17) is 0 Å². The van der Waals surface area contributed by atoms with E-state index >= 15 is 0 Å². The summed E-state index contributed by atoms with van der Waals surface area (Å²) >= 11 is 5.00. The van der Waals surface area contributed by atoms with Gasteiger partial charge >= 0.3 is 0 Å². The molecule has 2 aromatic rings. The van der Waals surface area contributed by atoms with E-state index < -0.39 is 0 Å². The van der Waals surface area contributed by atoms with E-state index in [2.05, 4.69) is 15.9 Å². The Morgan fingerprint density at radius 1 is 1.35 bits per heavy atom. The molecule has 0 fully saturated rings. The summed E-state index contributed by atoms with van der Waals surface area (Å²) in [5.41, 5.74) is 1.90. The zero-order valence-electron chi connectivity index (χ0n) is 9.31. The van der Waals surface area contributed by atoms with Crippen molar-refractivity contribution in [3.8, 4) is 0 Å². The minimum Gasteiger partial charge on any atom is -0.289 e. The molecule has 1 heterocycles. The van der Waals surface area contributed by atoms with Crippen LogP contribution in [-0.4, -0.2) is 5.78 Å². The van der Waals surface area contributed by atoms with Gasteiger partial charge in [-0.1, -0.05) is 28.1 Å². The van der Waals surface area contributed by atoms with Gasteiger partial charge in [0, 0.05) is 14.9 Å². The number of carbonyl (C=O) groups excluding carboxylic acids is 1. The van der Waals surface area contributed by atoms with Gasteiger partial charge in [-0.25, -0.2) is 0 Å². The summed E-state index contributed by atoms with van der Waals surface area (Å²) in [6.07, 6.45) is 3.50. The molecule has 17 heavy (non-hydrogen) atoms. The number of ketones is 1. The molecule has 0 unspecified atom stereocenters. The summed E-state index contributed by atoms with van der Waals surface area (Å²) in [6.45, 7) is 2.04. The van der Waals surface area contributed by atoms with Crippen LogP contribution in [0.15, 0.2) is 46.3 Å². The summed E-state index contributed by atoms with van der Waals surface area (Å²) < 4.78 is 0.920. The molecule has 0 aliphatic rings. The van der Waals surface area contributed by atoms with Crippen molar-refractivity contribution in [2.24, 2.45) is 0 Å². The van der Waals surface area contributed by atoms with Crippen molar-refractivity contribution in [1.82, 2.24) is 0 Å². The van der Waals surface area contributed by atoms with Gasteiger partial charge in [-0.3, -0.25) is 4.79 Å². The first kappa shape index (κ1) is 12.3. The molecule has 1 aromatic carbocycles. The lowest BCUT2D eigenvalue weighted by Gasteiger charge is -1.96. The number of rotatable bonds is 3. The van der Waals surface area contributed by atoms with E-state index in [-0.39, 0.29) is 5.78 Å². The molecular weight excluding hydrogens is 296 g/mol. The zero-order chi connectivity index (χ0) is 12.3. The number of benzene rings is 1. The zero-order valence-corrected chi connectivity index (χ0v) is 11.7.